The van der Waals surface area contributed by atoms with Crippen LogP contribution in [0.5, 0.6) is 5.75 Å². The maximum atomic E-state index is 9.87. The van der Waals surface area contributed by atoms with Crippen molar-refractivity contribution in [2.75, 3.05) is 5.32 Å². The van der Waals surface area contributed by atoms with Crippen molar-refractivity contribution >= 4 is 5.69 Å². The Kier molecular flexibility index (Phi) is 2.90. The first-order valence-corrected chi connectivity index (χ1v) is 6.66. The van der Waals surface area contributed by atoms with Gasteiger partial charge in [-0.25, -0.2) is 0 Å². The maximum absolute atomic E-state index is 9.87. The zero-order valence-electron chi connectivity index (χ0n) is 11.3. The number of pyridine rings is 1. The van der Waals surface area contributed by atoms with Crippen LogP contribution in [-0.4, -0.2) is 10.1 Å². The molecule has 0 bridgehead atoms. The van der Waals surface area contributed by atoms with E-state index in [0.29, 0.717) is 5.75 Å². The second-order valence-electron chi connectivity index (χ2n) is 5.17. The van der Waals surface area contributed by atoms with Crippen LogP contribution < -0.4 is 5.32 Å². The first-order chi connectivity index (χ1) is 9.15. The maximum Gasteiger partial charge on any atom is 0.119 e. The topological polar surface area (TPSA) is 45.1 Å². The minimum atomic E-state index is 0.269. The molecule has 3 nitrogen and oxygen atoms in total. The van der Waals surface area contributed by atoms with Crippen LogP contribution in [0.25, 0.3) is 0 Å². The molecule has 0 fully saturated rings. The van der Waals surface area contributed by atoms with Crippen molar-refractivity contribution < 1.29 is 5.11 Å². The number of benzene rings is 1. The number of nitrogens with zero attached hydrogens (tertiary/aromatic N) is 1. The number of anilines is 1. The van der Waals surface area contributed by atoms with Crippen molar-refractivity contribution in [2.24, 2.45) is 0 Å². The molecule has 0 amide bonds. The molecular weight excluding hydrogens is 236 g/mol. The lowest BCUT2D eigenvalue weighted by atomic mass is 10.1. The number of aromatic nitrogens is 1. The normalized spacial score (nSPS) is 17.3. The third-order valence-corrected chi connectivity index (χ3v) is 3.80. The Morgan fingerprint density at radius 2 is 2.05 bits per heavy atom. The van der Waals surface area contributed by atoms with E-state index in [0.717, 1.165) is 35.5 Å². The van der Waals surface area contributed by atoms with Crippen molar-refractivity contribution in [3.63, 3.8) is 0 Å². The number of rotatable bonds is 2. The first kappa shape index (κ1) is 12.0. The molecule has 98 valence electrons. The molecule has 0 spiro atoms. The minimum absolute atomic E-state index is 0.269. The summed E-state index contributed by atoms with van der Waals surface area (Å²) in [5, 5.41) is 13.4. The summed E-state index contributed by atoms with van der Waals surface area (Å²) < 4.78 is 0. The Labute approximate surface area is 113 Å². The molecule has 19 heavy (non-hydrogen) atoms. The molecule has 1 aromatic heterocycles. The molecule has 0 saturated heterocycles. The van der Waals surface area contributed by atoms with Crippen LogP contribution in [0.1, 0.15) is 35.0 Å². The van der Waals surface area contributed by atoms with Gasteiger partial charge in [-0.05, 0) is 56.0 Å². The lowest BCUT2D eigenvalue weighted by molar-refractivity contribution is 0.469. The summed E-state index contributed by atoms with van der Waals surface area (Å²) in [5.74, 6) is 0.417. The van der Waals surface area contributed by atoms with Crippen LogP contribution in [0.2, 0.25) is 0 Å². The third kappa shape index (κ3) is 2.16. The summed E-state index contributed by atoms with van der Waals surface area (Å²) in [6, 6.07) is 10.1. The van der Waals surface area contributed by atoms with Gasteiger partial charge in [-0.3, -0.25) is 4.98 Å². The Hall–Kier alpha value is -2.03. The fraction of sp³-hybridized carbons (Fsp3) is 0.312. The van der Waals surface area contributed by atoms with Gasteiger partial charge in [-0.2, -0.15) is 0 Å². The standard InChI is InChI=1S/C16H18N2O/c1-10-6-8-14(11(2)17-10)18-15-9-7-13-12(15)4-3-5-16(13)19/h3-6,8,15,18-19H,7,9H2,1-2H3. The summed E-state index contributed by atoms with van der Waals surface area (Å²) in [6.07, 6.45) is 1.94. The van der Waals surface area contributed by atoms with Crippen molar-refractivity contribution in [3.05, 3.63) is 52.8 Å². The molecule has 1 aliphatic rings. The highest BCUT2D eigenvalue weighted by atomic mass is 16.3. The summed E-state index contributed by atoms with van der Waals surface area (Å²) in [7, 11) is 0. The Morgan fingerprint density at radius 1 is 1.21 bits per heavy atom. The fourth-order valence-corrected chi connectivity index (χ4v) is 2.81. The Morgan fingerprint density at radius 3 is 2.84 bits per heavy atom. The van der Waals surface area contributed by atoms with Crippen LogP contribution in [0.3, 0.4) is 0 Å². The van der Waals surface area contributed by atoms with Gasteiger partial charge in [0.25, 0.3) is 0 Å². The summed E-state index contributed by atoms with van der Waals surface area (Å²) >= 11 is 0. The molecule has 1 heterocycles. The second-order valence-corrected chi connectivity index (χ2v) is 5.17. The number of aryl methyl sites for hydroxylation is 2. The third-order valence-electron chi connectivity index (χ3n) is 3.80. The summed E-state index contributed by atoms with van der Waals surface area (Å²) in [4.78, 5) is 4.48. The van der Waals surface area contributed by atoms with Crippen LogP contribution in [0, 0.1) is 13.8 Å². The highest BCUT2D eigenvalue weighted by Crippen LogP contribution is 2.38. The number of hydrogen-bond acceptors (Lipinski definition) is 3. The van der Waals surface area contributed by atoms with Gasteiger partial charge in [0.1, 0.15) is 5.75 Å². The largest absolute Gasteiger partial charge is 0.508 e. The molecule has 0 aliphatic heterocycles. The van der Waals surface area contributed by atoms with Gasteiger partial charge in [0, 0.05) is 5.69 Å². The van der Waals surface area contributed by atoms with E-state index >= 15 is 0 Å². The highest BCUT2D eigenvalue weighted by molar-refractivity contribution is 5.53. The molecule has 0 radical (unpaired) electrons. The number of hydrogen-bond donors (Lipinski definition) is 2. The van der Waals surface area contributed by atoms with Crippen LogP contribution in [0.4, 0.5) is 5.69 Å². The van der Waals surface area contributed by atoms with Crippen LogP contribution in [0.15, 0.2) is 30.3 Å². The molecule has 3 heteroatoms. The molecule has 2 aromatic rings. The smallest absolute Gasteiger partial charge is 0.119 e. The SMILES string of the molecule is Cc1ccc(NC2CCc3c(O)cccc32)c(C)n1. The molecule has 1 unspecified atom stereocenters. The first-order valence-electron chi connectivity index (χ1n) is 6.66. The van der Waals surface area contributed by atoms with Gasteiger partial charge in [0.15, 0.2) is 0 Å². The number of phenols is 1. The van der Waals surface area contributed by atoms with E-state index in [1.165, 1.54) is 5.56 Å². The molecule has 1 aromatic carbocycles. The van der Waals surface area contributed by atoms with E-state index in [9.17, 15) is 5.11 Å². The van der Waals surface area contributed by atoms with E-state index < -0.39 is 0 Å². The zero-order valence-corrected chi connectivity index (χ0v) is 11.3. The highest BCUT2D eigenvalue weighted by Gasteiger charge is 2.24. The Balaban J connectivity index is 1.89. The number of phenolic OH excluding ortho intramolecular Hbond substituents is 1. The van der Waals surface area contributed by atoms with Crippen LogP contribution in [-0.2, 0) is 6.42 Å². The molecule has 0 saturated carbocycles. The molecule has 2 N–H and O–H groups in total. The summed E-state index contributed by atoms with van der Waals surface area (Å²) in [6.45, 7) is 4.02. The van der Waals surface area contributed by atoms with E-state index in [4.69, 9.17) is 0 Å². The van der Waals surface area contributed by atoms with E-state index in [1.54, 1.807) is 6.07 Å². The lowest BCUT2D eigenvalue weighted by Gasteiger charge is -2.17. The van der Waals surface area contributed by atoms with Gasteiger partial charge >= 0.3 is 0 Å². The molecular formula is C16H18N2O. The zero-order chi connectivity index (χ0) is 13.4. The lowest BCUT2D eigenvalue weighted by Crippen LogP contribution is -2.09. The van der Waals surface area contributed by atoms with E-state index in [1.807, 2.05) is 26.0 Å². The van der Waals surface area contributed by atoms with Gasteiger partial charge < -0.3 is 10.4 Å². The average molecular weight is 254 g/mol. The number of nitrogens with one attached hydrogen (secondary N) is 1. The van der Waals surface area contributed by atoms with Gasteiger partial charge in [0.05, 0.1) is 17.4 Å². The monoisotopic (exact) mass is 254 g/mol. The average Bonchev–Trinajstić information content (AvgIpc) is 2.78. The predicted octanol–water partition coefficient (Wildman–Crippen LogP) is 3.50. The van der Waals surface area contributed by atoms with E-state index in [2.05, 4.69) is 22.4 Å². The van der Waals surface area contributed by atoms with Crippen molar-refractivity contribution in [1.82, 2.24) is 4.98 Å². The van der Waals surface area contributed by atoms with Gasteiger partial charge in [-0.1, -0.05) is 12.1 Å². The van der Waals surface area contributed by atoms with Crippen molar-refractivity contribution in [3.8, 4) is 5.75 Å². The minimum Gasteiger partial charge on any atom is -0.508 e. The molecule has 1 aliphatic carbocycles. The summed E-state index contributed by atoms with van der Waals surface area (Å²) in [5.41, 5.74) is 5.42. The number of fused-ring (bicyclic) bond motifs is 1. The van der Waals surface area contributed by atoms with E-state index in [-0.39, 0.29) is 6.04 Å². The van der Waals surface area contributed by atoms with Crippen LogP contribution >= 0.6 is 0 Å². The quantitative estimate of drug-likeness (QED) is 0.862. The fourth-order valence-electron chi connectivity index (χ4n) is 2.81. The van der Waals surface area contributed by atoms with Crippen molar-refractivity contribution in [2.45, 2.75) is 32.7 Å². The molecule has 3 rings (SSSR count). The predicted molar refractivity (Wildman–Crippen MR) is 76.5 cm³/mol. The van der Waals surface area contributed by atoms with Gasteiger partial charge in [0.2, 0.25) is 0 Å². The van der Waals surface area contributed by atoms with Gasteiger partial charge in [-0.15, -0.1) is 0 Å². The number of aromatic hydroxyl groups is 1. The Bertz CT molecular complexity index is 622. The second kappa shape index (κ2) is 4.57. The van der Waals surface area contributed by atoms with Crippen molar-refractivity contribution in [1.29, 1.82) is 0 Å². The molecule has 1 atom stereocenters.